The van der Waals surface area contributed by atoms with Gasteiger partial charge in [-0.15, -0.1) is 0 Å². The normalized spacial score (nSPS) is 19.7. The van der Waals surface area contributed by atoms with Crippen molar-refractivity contribution < 1.29 is 26.6 Å². The number of halogens is 6. The molecule has 0 radical (unpaired) electrons. The Kier molecular flexibility index (Phi) is 5.56. The first kappa shape index (κ1) is 20.6. The number of rotatable bonds is 1. The average Bonchev–Trinajstić information content (AvgIpc) is 3.20. The summed E-state index contributed by atoms with van der Waals surface area (Å²) in [5.74, 6) is 0.954. The summed E-state index contributed by atoms with van der Waals surface area (Å²) in [6, 6.07) is 14.9. The molecule has 0 fully saturated rings. The van der Waals surface area contributed by atoms with Crippen molar-refractivity contribution in [1.82, 2.24) is 9.78 Å². The van der Waals surface area contributed by atoms with Crippen LogP contribution in [0.15, 0.2) is 57.7 Å². The van der Waals surface area contributed by atoms with Gasteiger partial charge in [-0.3, -0.25) is 0 Å². The molecule has 11 heteroatoms. The van der Waals surface area contributed by atoms with Gasteiger partial charge in [0.25, 0.3) is 0 Å². The van der Waals surface area contributed by atoms with Gasteiger partial charge >= 0.3 is 13.1 Å². The van der Waals surface area contributed by atoms with Crippen molar-refractivity contribution in [2.45, 2.75) is 25.2 Å². The second kappa shape index (κ2) is 7.84. The third-order valence-corrected chi connectivity index (χ3v) is 6.07. The van der Waals surface area contributed by atoms with Crippen molar-refractivity contribution in [3.8, 4) is 5.69 Å². The molecule has 1 aromatic heterocycles. The highest BCUT2D eigenvalue weighted by atomic mass is 79.9. The first-order valence-electron chi connectivity index (χ1n) is 8.73. The molecule has 2 aliphatic rings. The van der Waals surface area contributed by atoms with E-state index in [1.807, 2.05) is 22.9 Å². The average molecular weight is 535 g/mol. The van der Waals surface area contributed by atoms with Crippen LogP contribution < -0.4 is 4.57 Å². The Morgan fingerprint density at radius 3 is 2.38 bits per heavy atom. The SMILES string of the molecule is Brc1cccc(Br)c1-n1c[n+]2c(n1)CO[C@@H]1Cc3ccccc3[C@@H]12.F[B-](F)(F)F. The smallest absolute Gasteiger partial charge is 0.418 e. The lowest BCUT2D eigenvalue weighted by Crippen LogP contribution is -2.51. The topological polar surface area (TPSA) is 30.9 Å². The third-order valence-electron chi connectivity index (χ3n) is 4.79. The molecule has 2 heterocycles. The number of nitrogens with zero attached hydrogens (tertiary/aromatic N) is 3. The quantitative estimate of drug-likeness (QED) is 0.249. The monoisotopic (exact) mass is 533 g/mol. The maximum absolute atomic E-state index is 9.75. The van der Waals surface area contributed by atoms with Gasteiger partial charge in [0.15, 0.2) is 5.69 Å². The van der Waals surface area contributed by atoms with Crippen molar-refractivity contribution in [2.75, 3.05) is 0 Å². The highest BCUT2D eigenvalue weighted by Gasteiger charge is 2.43. The molecule has 152 valence electrons. The molecule has 0 N–H and O–H groups in total. The van der Waals surface area contributed by atoms with Crippen molar-refractivity contribution in [1.29, 1.82) is 0 Å². The minimum atomic E-state index is -6.00. The zero-order valence-corrected chi connectivity index (χ0v) is 18.0. The maximum atomic E-state index is 9.75. The first-order valence-corrected chi connectivity index (χ1v) is 10.3. The Balaban J connectivity index is 0.000000369. The maximum Gasteiger partial charge on any atom is 0.673 e. The molecule has 0 unspecified atom stereocenters. The van der Waals surface area contributed by atoms with E-state index in [0.29, 0.717) is 6.61 Å². The highest BCUT2D eigenvalue weighted by Crippen LogP contribution is 2.36. The summed E-state index contributed by atoms with van der Waals surface area (Å²) in [4.78, 5) is 0. The van der Waals surface area contributed by atoms with Crippen molar-refractivity contribution >= 4 is 39.1 Å². The molecule has 1 aliphatic carbocycles. The summed E-state index contributed by atoms with van der Waals surface area (Å²) in [6.07, 6.45) is 3.25. The fourth-order valence-electron chi connectivity index (χ4n) is 3.74. The summed E-state index contributed by atoms with van der Waals surface area (Å²) >= 11 is 7.26. The fourth-order valence-corrected chi connectivity index (χ4v) is 5.10. The second-order valence-electron chi connectivity index (χ2n) is 6.65. The summed E-state index contributed by atoms with van der Waals surface area (Å²) in [6.45, 7) is 0.546. The van der Waals surface area contributed by atoms with Crippen LogP contribution in [0.4, 0.5) is 17.3 Å². The van der Waals surface area contributed by atoms with Crippen molar-refractivity contribution in [3.63, 3.8) is 0 Å². The van der Waals surface area contributed by atoms with E-state index in [0.717, 1.165) is 26.9 Å². The van der Waals surface area contributed by atoms with Gasteiger partial charge in [0.1, 0.15) is 18.8 Å². The Morgan fingerprint density at radius 1 is 1.03 bits per heavy atom. The van der Waals surface area contributed by atoms with E-state index in [-0.39, 0.29) is 12.1 Å². The Morgan fingerprint density at radius 2 is 1.69 bits per heavy atom. The zero-order chi connectivity index (χ0) is 20.8. The summed E-state index contributed by atoms with van der Waals surface area (Å²) in [7, 11) is -6.00. The lowest BCUT2D eigenvalue weighted by atomic mass is 10.1. The van der Waals surface area contributed by atoms with Gasteiger partial charge in [0.2, 0.25) is 6.33 Å². The van der Waals surface area contributed by atoms with E-state index in [4.69, 9.17) is 9.84 Å². The van der Waals surface area contributed by atoms with Crippen LogP contribution in [0.3, 0.4) is 0 Å². The van der Waals surface area contributed by atoms with E-state index in [1.54, 1.807) is 0 Å². The van der Waals surface area contributed by atoms with Crippen LogP contribution in [0.2, 0.25) is 0 Å². The van der Waals surface area contributed by atoms with Crippen molar-refractivity contribution in [2.24, 2.45) is 0 Å². The Labute approximate surface area is 180 Å². The minimum absolute atomic E-state index is 0.195. The zero-order valence-electron chi connectivity index (χ0n) is 14.8. The first-order chi connectivity index (χ1) is 13.7. The van der Waals surface area contributed by atoms with Crippen LogP contribution >= 0.6 is 31.9 Å². The molecule has 1 aliphatic heterocycles. The van der Waals surface area contributed by atoms with Crippen LogP contribution in [0, 0.1) is 0 Å². The number of hydrogen-bond donors (Lipinski definition) is 0. The van der Waals surface area contributed by atoms with Crippen LogP contribution in [0.5, 0.6) is 0 Å². The molecule has 2 aromatic carbocycles. The van der Waals surface area contributed by atoms with E-state index in [2.05, 4.69) is 67.0 Å². The number of aromatic nitrogens is 3. The lowest BCUT2D eigenvalue weighted by Gasteiger charge is -2.23. The van der Waals surface area contributed by atoms with Gasteiger partial charge in [-0.05, 0) is 55.1 Å². The standard InChI is InChI=1S/C18H14Br2N3O.BF4/c19-13-6-3-7-14(20)18(13)23-10-22-16(21-23)9-24-15-8-11-4-1-2-5-12(11)17(15)22;2-1(3,4)5/h1-7,10,15,17H,8-9H2;/q+1;-1/t15-,17+;/m1./s1. The third kappa shape index (κ3) is 4.27. The van der Waals surface area contributed by atoms with Gasteiger partial charge in [-0.2, -0.15) is 0 Å². The van der Waals surface area contributed by atoms with E-state index < -0.39 is 7.25 Å². The molecule has 29 heavy (non-hydrogen) atoms. The van der Waals surface area contributed by atoms with Gasteiger partial charge in [-0.25, -0.2) is 4.57 Å². The van der Waals surface area contributed by atoms with Crippen LogP contribution in [0.1, 0.15) is 23.0 Å². The van der Waals surface area contributed by atoms with Gasteiger partial charge in [0, 0.05) is 11.5 Å². The largest absolute Gasteiger partial charge is 0.673 e. The number of para-hydroxylation sites is 1. The highest BCUT2D eigenvalue weighted by molar-refractivity contribution is 9.11. The number of benzene rings is 2. The molecule has 3 aromatic rings. The lowest BCUT2D eigenvalue weighted by molar-refractivity contribution is -0.739. The molecule has 4 nitrogen and oxygen atoms in total. The number of ether oxygens (including phenoxy) is 1. The van der Waals surface area contributed by atoms with Crippen LogP contribution in [0.25, 0.3) is 5.69 Å². The molecular weight excluding hydrogens is 521 g/mol. The molecule has 2 atom stereocenters. The Hall–Kier alpha value is -1.72. The summed E-state index contributed by atoms with van der Waals surface area (Å²) in [5.41, 5.74) is 3.73. The van der Waals surface area contributed by atoms with Crippen LogP contribution in [-0.2, 0) is 17.8 Å². The molecule has 0 spiro atoms. The number of hydrogen-bond acceptors (Lipinski definition) is 2. The Bertz CT molecular complexity index is 1030. The second-order valence-corrected chi connectivity index (χ2v) is 8.35. The predicted molar refractivity (Wildman–Crippen MR) is 106 cm³/mol. The van der Waals surface area contributed by atoms with E-state index in [9.17, 15) is 17.3 Å². The molecule has 5 rings (SSSR count). The fraction of sp³-hybridized carbons (Fsp3) is 0.222. The minimum Gasteiger partial charge on any atom is -0.418 e. The van der Waals surface area contributed by atoms with Crippen LogP contribution in [-0.4, -0.2) is 23.1 Å². The van der Waals surface area contributed by atoms with Crippen molar-refractivity contribution in [3.05, 3.63) is 74.7 Å². The van der Waals surface area contributed by atoms with E-state index in [1.165, 1.54) is 11.1 Å². The summed E-state index contributed by atoms with van der Waals surface area (Å²) in [5, 5.41) is 4.77. The van der Waals surface area contributed by atoms with Gasteiger partial charge in [0.05, 0.1) is 8.95 Å². The van der Waals surface area contributed by atoms with Gasteiger partial charge in [-0.1, -0.05) is 35.0 Å². The molecular formula is C18H14BBr2F4N3O. The molecule has 0 amide bonds. The molecule has 0 saturated heterocycles. The number of fused-ring (bicyclic) bond motifs is 5. The summed E-state index contributed by atoms with van der Waals surface area (Å²) < 4.78 is 51.3. The molecule has 0 saturated carbocycles. The van der Waals surface area contributed by atoms with E-state index >= 15 is 0 Å². The van der Waals surface area contributed by atoms with Gasteiger partial charge < -0.3 is 22.0 Å². The predicted octanol–water partition coefficient (Wildman–Crippen LogP) is 5.03. The molecule has 0 bridgehead atoms.